The third-order valence-electron chi connectivity index (χ3n) is 3.96. The molecule has 0 aromatic rings. The van der Waals surface area contributed by atoms with Gasteiger partial charge in [0.1, 0.15) is 0 Å². The fourth-order valence-electron chi connectivity index (χ4n) is 2.00. The maximum atomic E-state index is 12.0. The predicted molar refractivity (Wildman–Crippen MR) is 107 cm³/mol. The number of hydrogen-bond acceptors (Lipinski definition) is 4. The molecule has 1 unspecified atom stereocenters. The molecule has 0 heterocycles. The number of aliphatic carboxylic acids is 1. The summed E-state index contributed by atoms with van der Waals surface area (Å²) in [6.07, 6.45) is 4.60. The lowest BCUT2D eigenvalue weighted by atomic mass is 9.96. The maximum Gasteiger partial charge on any atom is 0.337 e. The standard InChI is InChI=1S/C21H35NO4/c1-14(11-12-16(3)25-10)17(4)18(13-15(2)22(8)9)19(20(23)24)26-21(5,6)7/h11-13,19H,1-10H3,(H,23,24). The molecule has 5 heteroatoms. The van der Waals surface area contributed by atoms with E-state index in [-0.39, 0.29) is 0 Å². The van der Waals surface area contributed by atoms with Gasteiger partial charge in [-0.25, -0.2) is 4.79 Å². The maximum absolute atomic E-state index is 12.0. The second kappa shape index (κ2) is 10.2. The number of methoxy groups -OCH3 is 1. The van der Waals surface area contributed by atoms with Crippen LogP contribution < -0.4 is 0 Å². The van der Waals surface area contributed by atoms with Crippen LogP contribution in [0.2, 0.25) is 0 Å². The molecule has 0 fully saturated rings. The summed E-state index contributed by atoms with van der Waals surface area (Å²) in [7, 11) is 5.46. The molecule has 1 N–H and O–H groups in total. The zero-order valence-electron chi connectivity index (χ0n) is 17.9. The molecule has 0 aromatic heterocycles. The van der Waals surface area contributed by atoms with Crippen LogP contribution in [0, 0.1) is 0 Å². The molecule has 5 nitrogen and oxygen atoms in total. The van der Waals surface area contributed by atoms with Gasteiger partial charge in [-0.15, -0.1) is 0 Å². The number of carboxylic acid groups (broad SMARTS) is 1. The molecule has 0 aliphatic heterocycles. The summed E-state index contributed by atoms with van der Waals surface area (Å²) < 4.78 is 11.0. The van der Waals surface area contributed by atoms with Crippen molar-refractivity contribution in [3.63, 3.8) is 0 Å². The average Bonchev–Trinajstić information content (AvgIpc) is 2.53. The molecular formula is C21H35NO4. The molecule has 0 bridgehead atoms. The third kappa shape index (κ3) is 8.39. The number of rotatable bonds is 8. The van der Waals surface area contributed by atoms with Crippen molar-refractivity contribution in [2.45, 2.75) is 60.2 Å². The Morgan fingerprint density at radius 3 is 2.00 bits per heavy atom. The van der Waals surface area contributed by atoms with E-state index in [1.165, 1.54) is 0 Å². The van der Waals surface area contributed by atoms with Gasteiger partial charge in [0.05, 0.1) is 18.5 Å². The molecule has 0 saturated carbocycles. The van der Waals surface area contributed by atoms with E-state index in [9.17, 15) is 9.90 Å². The Morgan fingerprint density at radius 2 is 1.62 bits per heavy atom. The van der Waals surface area contributed by atoms with Gasteiger partial charge >= 0.3 is 5.97 Å². The molecule has 148 valence electrons. The molecule has 0 aliphatic carbocycles. The number of carboxylic acids is 1. The molecule has 0 aliphatic rings. The highest BCUT2D eigenvalue weighted by atomic mass is 16.5. The number of ether oxygens (including phenoxy) is 2. The first-order chi connectivity index (χ1) is 11.8. The third-order valence-corrected chi connectivity index (χ3v) is 3.96. The van der Waals surface area contributed by atoms with Crippen LogP contribution in [0.25, 0.3) is 0 Å². The van der Waals surface area contributed by atoms with Crippen LogP contribution in [0.3, 0.4) is 0 Å². The van der Waals surface area contributed by atoms with E-state index in [1.54, 1.807) is 7.11 Å². The van der Waals surface area contributed by atoms with Crippen molar-refractivity contribution in [1.29, 1.82) is 0 Å². The molecular weight excluding hydrogens is 330 g/mol. The smallest absolute Gasteiger partial charge is 0.337 e. The predicted octanol–water partition coefficient (Wildman–Crippen LogP) is 4.53. The lowest BCUT2D eigenvalue weighted by Crippen LogP contribution is -2.35. The summed E-state index contributed by atoms with van der Waals surface area (Å²) in [5.41, 5.74) is 2.81. The molecule has 0 aromatic carbocycles. The second-order valence-electron chi connectivity index (χ2n) is 7.54. The Hall–Kier alpha value is -2.01. The van der Waals surface area contributed by atoms with E-state index in [2.05, 4.69) is 0 Å². The van der Waals surface area contributed by atoms with Gasteiger partial charge in [-0.1, -0.05) is 6.08 Å². The minimum absolute atomic E-state index is 0.585. The van der Waals surface area contributed by atoms with Crippen LogP contribution in [-0.4, -0.2) is 48.9 Å². The van der Waals surface area contributed by atoms with Gasteiger partial charge in [0.25, 0.3) is 0 Å². The first-order valence-corrected chi connectivity index (χ1v) is 8.66. The van der Waals surface area contributed by atoms with Gasteiger partial charge in [-0.05, 0) is 77.3 Å². The monoisotopic (exact) mass is 365 g/mol. The Labute approximate surface area is 158 Å². The topological polar surface area (TPSA) is 59.0 Å². The van der Waals surface area contributed by atoms with Crippen LogP contribution in [0.15, 0.2) is 46.4 Å². The Morgan fingerprint density at radius 1 is 1.08 bits per heavy atom. The quantitative estimate of drug-likeness (QED) is 0.506. The summed E-state index contributed by atoms with van der Waals surface area (Å²) in [5.74, 6) is -0.229. The largest absolute Gasteiger partial charge is 0.501 e. The number of nitrogens with zero attached hydrogens (tertiary/aromatic N) is 1. The summed E-state index contributed by atoms with van der Waals surface area (Å²) in [6, 6.07) is 0. The highest BCUT2D eigenvalue weighted by Crippen LogP contribution is 2.26. The van der Waals surface area contributed by atoms with Crippen molar-refractivity contribution >= 4 is 5.97 Å². The number of allylic oxidation sites excluding steroid dienone is 6. The van der Waals surface area contributed by atoms with Crippen LogP contribution in [0.5, 0.6) is 0 Å². The van der Waals surface area contributed by atoms with E-state index < -0.39 is 17.7 Å². The van der Waals surface area contributed by atoms with E-state index >= 15 is 0 Å². The summed E-state index contributed by atoms with van der Waals surface area (Å²) in [5, 5.41) is 9.79. The van der Waals surface area contributed by atoms with E-state index in [0.717, 1.165) is 22.6 Å². The number of hydrogen-bond donors (Lipinski definition) is 1. The first-order valence-electron chi connectivity index (χ1n) is 8.66. The van der Waals surface area contributed by atoms with E-state index in [0.29, 0.717) is 5.57 Å². The molecule has 0 rings (SSSR count). The van der Waals surface area contributed by atoms with Crippen LogP contribution in [0.4, 0.5) is 0 Å². The van der Waals surface area contributed by atoms with Crippen LogP contribution in [-0.2, 0) is 14.3 Å². The fourth-order valence-corrected chi connectivity index (χ4v) is 2.00. The van der Waals surface area contributed by atoms with Gasteiger partial charge in [0.2, 0.25) is 0 Å². The average molecular weight is 366 g/mol. The van der Waals surface area contributed by atoms with E-state index in [4.69, 9.17) is 9.47 Å². The lowest BCUT2D eigenvalue weighted by molar-refractivity contribution is -0.155. The summed E-state index contributed by atoms with van der Waals surface area (Å²) >= 11 is 0. The lowest BCUT2D eigenvalue weighted by Gasteiger charge is -2.28. The summed E-state index contributed by atoms with van der Waals surface area (Å²) in [6.45, 7) is 13.2. The van der Waals surface area contributed by atoms with Crippen LogP contribution >= 0.6 is 0 Å². The van der Waals surface area contributed by atoms with Crippen molar-refractivity contribution < 1.29 is 19.4 Å². The Bertz CT molecular complexity index is 616. The van der Waals surface area contributed by atoms with Crippen molar-refractivity contribution in [3.05, 3.63) is 46.4 Å². The Kier molecular flexibility index (Phi) is 9.43. The molecule has 26 heavy (non-hydrogen) atoms. The van der Waals surface area contributed by atoms with Crippen molar-refractivity contribution in [2.24, 2.45) is 0 Å². The molecule has 0 amide bonds. The van der Waals surface area contributed by atoms with Crippen molar-refractivity contribution in [3.8, 4) is 0 Å². The molecule has 0 saturated heterocycles. The Balaban J connectivity index is 6.38. The summed E-state index contributed by atoms with van der Waals surface area (Å²) in [4.78, 5) is 13.9. The van der Waals surface area contributed by atoms with Crippen molar-refractivity contribution in [1.82, 2.24) is 4.90 Å². The molecule has 0 radical (unpaired) electrons. The van der Waals surface area contributed by atoms with Gasteiger partial charge in [-0.2, -0.15) is 0 Å². The van der Waals surface area contributed by atoms with E-state index in [1.807, 2.05) is 85.7 Å². The van der Waals surface area contributed by atoms with Gasteiger partial charge in [-0.3, -0.25) is 0 Å². The highest BCUT2D eigenvalue weighted by molar-refractivity contribution is 5.78. The normalized spacial score (nSPS) is 16.2. The SMILES string of the molecule is COC(C)=CC=C(C)C(C)=C(C=C(C)N(C)C)C(OC(C)(C)C)C(=O)O. The molecule has 1 atom stereocenters. The minimum atomic E-state index is -1.05. The van der Waals surface area contributed by atoms with Gasteiger partial charge in [0.15, 0.2) is 6.10 Å². The van der Waals surface area contributed by atoms with Gasteiger partial charge < -0.3 is 19.5 Å². The molecule has 0 spiro atoms. The first kappa shape index (κ1) is 24.0. The van der Waals surface area contributed by atoms with Crippen LogP contribution in [0.1, 0.15) is 48.5 Å². The fraction of sp³-hybridized carbons (Fsp3) is 0.571. The highest BCUT2D eigenvalue weighted by Gasteiger charge is 2.29. The minimum Gasteiger partial charge on any atom is -0.501 e. The zero-order chi connectivity index (χ0) is 20.7. The number of carbonyl (C=O) groups is 1. The zero-order valence-corrected chi connectivity index (χ0v) is 17.9. The second-order valence-corrected chi connectivity index (χ2v) is 7.54. The van der Waals surface area contributed by atoms with Crippen molar-refractivity contribution in [2.75, 3.05) is 21.2 Å². The van der Waals surface area contributed by atoms with Gasteiger partial charge in [0, 0.05) is 19.8 Å².